The average Bonchev–Trinajstić information content (AvgIpc) is 3.30. The molecule has 0 unspecified atom stereocenters. The van der Waals surface area contributed by atoms with Crippen LogP contribution in [-0.4, -0.2) is 39.0 Å². The van der Waals surface area contributed by atoms with Gasteiger partial charge in [-0.2, -0.15) is 0 Å². The molecular formula is C36H32N2O6S. The normalized spacial score (nSPS) is 19.9. The van der Waals surface area contributed by atoms with Gasteiger partial charge in [-0.05, 0) is 41.3 Å². The van der Waals surface area contributed by atoms with E-state index in [0.29, 0.717) is 10.5 Å². The number of ether oxygens (including phenoxy) is 1. The van der Waals surface area contributed by atoms with Crippen LogP contribution in [-0.2, 0) is 25.7 Å². The van der Waals surface area contributed by atoms with Crippen molar-refractivity contribution in [2.24, 2.45) is 11.8 Å². The van der Waals surface area contributed by atoms with E-state index in [2.05, 4.69) is 36.4 Å². The summed E-state index contributed by atoms with van der Waals surface area (Å²) in [6.45, 7) is 3.47. The van der Waals surface area contributed by atoms with Gasteiger partial charge in [0.2, 0.25) is 5.91 Å². The van der Waals surface area contributed by atoms with Gasteiger partial charge in [0.1, 0.15) is 12.3 Å². The van der Waals surface area contributed by atoms with Gasteiger partial charge in [0.15, 0.2) is 0 Å². The predicted octanol–water partition coefficient (Wildman–Crippen LogP) is 6.43. The third-order valence-corrected chi connectivity index (χ3v) is 10.4. The molecule has 2 heterocycles. The molecule has 2 aliphatic heterocycles. The molecule has 228 valence electrons. The van der Waals surface area contributed by atoms with Crippen LogP contribution < -0.4 is 0 Å². The number of aliphatic hydroxyl groups excluding tert-OH is 1. The number of thioether (sulfide) groups is 1. The number of non-ortho nitro benzene ring substituents is 1. The molecule has 8 nitrogen and oxygen atoms in total. The molecule has 0 aromatic heterocycles. The van der Waals surface area contributed by atoms with Gasteiger partial charge in [0.05, 0.1) is 27.7 Å². The smallest absolute Gasteiger partial charge is 0.356 e. The van der Waals surface area contributed by atoms with E-state index in [1.165, 1.54) is 28.8 Å². The van der Waals surface area contributed by atoms with Gasteiger partial charge in [-0.25, -0.2) is 4.79 Å². The molecule has 0 bridgehead atoms. The van der Waals surface area contributed by atoms with Crippen molar-refractivity contribution in [3.05, 3.63) is 158 Å². The lowest BCUT2D eigenvalue weighted by Gasteiger charge is -2.46. The highest BCUT2D eigenvalue weighted by molar-refractivity contribution is 8.04. The van der Waals surface area contributed by atoms with E-state index in [4.69, 9.17) is 4.74 Å². The van der Waals surface area contributed by atoms with Gasteiger partial charge in [-0.1, -0.05) is 97.9 Å². The number of carbonyl (C=O) groups excluding carboxylic acids is 2. The predicted molar refractivity (Wildman–Crippen MR) is 172 cm³/mol. The van der Waals surface area contributed by atoms with Crippen LogP contribution in [0.3, 0.4) is 0 Å². The van der Waals surface area contributed by atoms with Crippen molar-refractivity contribution in [3.63, 3.8) is 0 Å². The molecular weight excluding hydrogens is 588 g/mol. The average molecular weight is 621 g/mol. The number of β-lactam (4-membered cyclic amide) rings is 1. The second kappa shape index (κ2) is 12.3. The van der Waals surface area contributed by atoms with E-state index in [9.17, 15) is 24.8 Å². The molecule has 9 heteroatoms. The summed E-state index contributed by atoms with van der Waals surface area (Å²) in [6, 6.07) is 35.6. The highest BCUT2D eigenvalue weighted by Crippen LogP contribution is 2.59. The van der Waals surface area contributed by atoms with E-state index < -0.39 is 33.7 Å². The number of amides is 1. The first-order valence-electron chi connectivity index (χ1n) is 14.8. The van der Waals surface area contributed by atoms with E-state index in [1.807, 2.05) is 61.5 Å². The molecule has 0 spiro atoms. The highest BCUT2D eigenvalue weighted by Gasteiger charge is 2.61. The Bertz CT molecular complexity index is 1650. The quantitative estimate of drug-likeness (QED) is 0.0715. The van der Waals surface area contributed by atoms with Gasteiger partial charge in [0.25, 0.3) is 5.69 Å². The van der Waals surface area contributed by atoms with Crippen LogP contribution in [0.4, 0.5) is 5.69 Å². The Morgan fingerprint density at radius 1 is 0.911 bits per heavy atom. The molecule has 1 N–H and O–H groups in total. The number of aliphatic hydroxyl groups is 1. The zero-order valence-corrected chi connectivity index (χ0v) is 25.6. The molecule has 45 heavy (non-hydrogen) atoms. The van der Waals surface area contributed by atoms with Crippen molar-refractivity contribution in [1.29, 1.82) is 0 Å². The largest absolute Gasteiger partial charge is 0.456 e. The summed E-state index contributed by atoms with van der Waals surface area (Å²) in [5.41, 5.74) is 3.69. The summed E-state index contributed by atoms with van der Waals surface area (Å²) in [6.07, 6.45) is -0.884. The minimum atomic E-state index is -0.884. The van der Waals surface area contributed by atoms with Crippen LogP contribution >= 0.6 is 11.8 Å². The Morgan fingerprint density at radius 3 is 1.84 bits per heavy atom. The molecule has 4 aromatic rings. The highest BCUT2D eigenvalue weighted by atomic mass is 32.2. The first-order valence-corrected chi connectivity index (χ1v) is 15.6. The van der Waals surface area contributed by atoms with Gasteiger partial charge < -0.3 is 14.7 Å². The number of fused-ring (bicyclic) bond motifs is 1. The van der Waals surface area contributed by atoms with Crippen molar-refractivity contribution in [1.82, 2.24) is 4.90 Å². The van der Waals surface area contributed by atoms with Crippen molar-refractivity contribution in [2.45, 2.75) is 37.3 Å². The molecule has 2 aliphatic rings. The van der Waals surface area contributed by atoms with E-state index in [0.717, 1.165) is 16.7 Å². The summed E-state index contributed by atoms with van der Waals surface area (Å²) < 4.78 is 4.98. The number of nitrogens with zero attached hydrogens (tertiary/aromatic N) is 2. The fraction of sp³-hybridized carbons (Fsp3) is 0.222. The summed E-state index contributed by atoms with van der Waals surface area (Å²) in [5.74, 6) is -1.89. The van der Waals surface area contributed by atoms with Gasteiger partial charge in [0, 0.05) is 23.0 Å². The molecule has 0 radical (unpaired) electrons. The standard InChI is InChI=1S/C36H32N2O6S/c1-23-31-30(24(2)39)34(40)37(31)32(35(41)44-22-25-18-20-29(21-19-25)38(42)43)33(23)45-36(26-12-6-3-7-13-26,27-14-8-4-9-15-27)28-16-10-5-11-17-28/h3-21,23-24,30-31,39H,22H2,1-2H3/t23-,24-,30-,31-/m1/s1. The molecule has 1 amide bonds. The van der Waals surface area contributed by atoms with Crippen molar-refractivity contribution in [3.8, 4) is 0 Å². The van der Waals surface area contributed by atoms with Crippen molar-refractivity contribution >= 4 is 29.3 Å². The number of hydrogen-bond acceptors (Lipinski definition) is 7. The van der Waals surface area contributed by atoms with Crippen LogP contribution in [0.5, 0.6) is 0 Å². The van der Waals surface area contributed by atoms with E-state index in [-0.39, 0.29) is 29.8 Å². The van der Waals surface area contributed by atoms with Crippen LogP contribution in [0.25, 0.3) is 0 Å². The molecule has 0 saturated carbocycles. The zero-order valence-electron chi connectivity index (χ0n) is 24.8. The summed E-state index contributed by atoms with van der Waals surface area (Å²) in [4.78, 5) is 40.3. The Morgan fingerprint density at radius 2 is 1.40 bits per heavy atom. The Balaban J connectivity index is 1.48. The van der Waals surface area contributed by atoms with Crippen LogP contribution in [0.1, 0.15) is 36.1 Å². The second-order valence-electron chi connectivity index (χ2n) is 11.3. The molecule has 6 rings (SSSR count). The zero-order chi connectivity index (χ0) is 31.7. The minimum absolute atomic E-state index is 0.0617. The van der Waals surface area contributed by atoms with Gasteiger partial charge in [-0.15, -0.1) is 11.8 Å². The Hall–Kier alpha value is -4.73. The van der Waals surface area contributed by atoms with Gasteiger partial charge >= 0.3 is 5.97 Å². The number of benzene rings is 4. The van der Waals surface area contributed by atoms with Crippen LogP contribution in [0.15, 0.2) is 126 Å². The first kappa shape index (κ1) is 30.3. The molecule has 1 fully saturated rings. The maximum absolute atomic E-state index is 14.0. The third-order valence-electron chi connectivity index (χ3n) is 8.62. The molecule has 4 aromatic carbocycles. The number of esters is 1. The van der Waals surface area contributed by atoms with E-state index >= 15 is 0 Å². The molecule has 1 saturated heterocycles. The van der Waals surface area contributed by atoms with Crippen LogP contribution in [0, 0.1) is 22.0 Å². The second-order valence-corrected chi connectivity index (χ2v) is 12.6. The Labute approximate surface area is 265 Å². The Kier molecular flexibility index (Phi) is 8.31. The lowest BCUT2D eigenvalue weighted by molar-refractivity contribution is -0.384. The lowest BCUT2D eigenvalue weighted by Crippen LogP contribution is -2.63. The maximum atomic E-state index is 14.0. The topological polar surface area (TPSA) is 110 Å². The fourth-order valence-corrected chi connectivity index (χ4v) is 8.13. The minimum Gasteiger partial charge on any atom is -0.456 e. The molecule has 0 aliphatic carbocycles. The van der Waals surface area contributed by atoms with Crippen molar-refractivity contribution < 1.29 is 24.4 Å². The number of carbonyl (C=O) groups is 2. The monoisotopic (exact) mass is 620 g/mol. The number of rotatable bonds is 10. The summed E-state index contributed by atoms with van der Waals surface area (Å²) in [7, 11) is 0. The number of nitro benzene ring substituents is 1. The summed E-state index contributed by atoms with van der Waals surface area (Å²) in [5, 5.41) is 21.6. The summed E-state index contributed by atoms with van der Waals surface area (Å²) >= 11 is 1.52. The fourth-order valence-electron chi connectivity index (χ4n) is 6.44. The van der Waals surface area contributed by atoms with Crippen molar-refractivity contribution in [2.75, 3.05) is 0 Å². The van der Waals surface area contributed by atoms with Gasteiger partial charge in [-0.3, -0.25) is 14.9 Å². The molecule has 4 atom stereocenters. The number of nitro groups is 1. The van der Waals surface area contributed by atoms with Crippen LogP contribution in [0.2, 0.25) is 0 Å². The maximum Gasteiger partial charge on any atom is 0.356 e. The van der Waals surface area contributed by atoms with E-state index in [1.54, 1.807) is 19.1 Å². The lowest BCUT2D eigenvalue weighted by atomic mass is 9.79. The number of hydrogen-bond donors (Lipinski definition) is 1. The third kappa shape index (κ3) is 5.32. The SMILES string of the molecule is C[C@@H](O)[C@H]1C(=O)N2C(C(=O)OCc3ccc([N+](=O)[O-])cc3)=C(SC(c3ccccc3)(c3ccccc3)c3ccccc3)[C@H](C)[C@H]12. The first-order chi connectivity index (χ1) is 21.7.